The Balaban J connectivity index is 1.96. The average molecular weight is 438 g/mol. The van der Waals surface area contributed by atoms with E-state index in [0.717, 1.165) is 25.7 Å². The minimum absolute atomic E-state index is 0.238. The van der Waals surface area contributed by atoms with E-state index in [4.69, 9.17) is 19.9 Å². The summed E-state index contributed by atoms with van der Waals surface area (Å²) in [6, 6.07) is -0.382. The van der Waals surface area contributed by atoms with E-state index in [-0.39, 0.29) is 17.9 Å². The molecule has 1 aromatic rings. The van der Waals surface area contributed by atoms with Crippen LogP contribution in [-0.2, 0) is 14.2 Å². The lowest BCUT2D eigenvalue weighted by molar-refractivity contribution is -0.134. The maximum absolute atomic E-state index is 12.6. The molecule has 0 spiro atoms. The Hall–Kier alpha value is -2.17. The molecule has 0 radical (unpaired) electrons. The number of aromatic amines is 1. The van der Waals surface area contributed by atoms with Crippen molar-refractivity contribution in [3.8, 4) is 0 Å². The zero-order valence-corrected chi connectivity index (χ0v) is 18.8. The van der Waals surface area contributed by atoms with Gasteiger partial charge in [0, 0.05) is 25.0 Å². The van der Waals surface area contributed by atoms with Crippen molar-refractivity contribution in [2.45, 2.75) is 77.5 Å². The first-order valence-electron chi connectivity index (χ1n) is 11.1. The fourth-order valence-electron chi connectivity index (χ4n) is 4.20. The summed E-state index contributed by atoms with van der Waals surface area (Å²) in [5.74, 6) is -0.0101. The Kier molecular flexibility index (Phi) is 7.55. The van der Waals surface area contributed by atoms with Crippen LogP contribution in [0.3, 0.4) is 0 Å². The number of aliphatic imine (C=N–C) groups is 1. The van der Waals surface area contributed by atoms with Crippen molar-refractivity contribution < 1.29 is 14.2 Å². The maximum Gasteiger partial charge on any atom is 0.330 e. The molecule has 2 aliphatic rings. The molecule has 31 heavy (non-hydrogen) atoms. The molecule has 1 saturated heterocycles. The van der Waals surface area contributed by atoms with Gasteiger partial charge in [0.25, 0.3) is 5.56 Å². The summed E-state index contributed by atoms with van der Waals surface area (Å²) in [6.07, 6.45) is 4.17. The summed E-state index contributed by atoms with van der Waals surface area (Å²) in [4.78, 5) is 31.3. The van der Waals surface area contributed by atoms with Gasteiger partial charge in [-0.1, -0.05) is 26.7 Å². The summed E-state index contributed by atoms with van der Waals surface area (Å²) in [5.41, 5.74) is 4.76. The van der Waals surface area contributed by atoms with E-state index >= 15 is 0 Å². The number of guanidine groups is 1. The summed E-state index contributed by atoms with van der Waals surface area (Å²) >= 11 is 0. The second kappa shape index (κ2) is 9.97. The standard InChI is InChI=1S/C21H35N5O5/c1-5-7-9-29-12-21(4)14-15(23-19(22)25-17(14)30-10-8-6-2)18(31-21)26-11-13(3)16(27)24-20(26)28/h11,14-15,17-18H,5-10,12H2,1-4H3,(H3,22,23,25)(H,24,27,28)/t14?,15-,17?,18+,21+/m0/s1. The zero-order valence-electron chi connectivity index (χ0n) is 18.8. The highest BCUT2D eigenvalue weighted by Crippen LogP contribution is 2.45. The molecule has 0 amide bonds. The third-order valence-corrected chi connectivity index (χ3v) is 5.91. The van der Waals surface area contributed by atoms with Crippen LogP contribution in [0.5, 0.6) is 0 Å². The minimum Gasteiger partial charge on any atom is -0.378 e. The fraction of sp³-hybridized carbons (Fsp3) is 0.762. The van der Waals surface area contributed by atoms with Crippen molar-refractivity contribution in [3.63, 3.8) is 0 Å². The third-order valence-electron chi connectivity index (χ3n) is 5.91. The molecule has 1 aromatic heterocycles. The van der Waals surface area contributed by atoms with Crippen LogP contribution in [0.1, 0.15) is 58.2 Å². The van der Waals surface area contributed by atoms with Gasteiger partial charge < -0.3 is 25.3 Å². The van der Waals surface area contributed by atoms with Gasteiger partial charge in [0.1, 0.15) is 5.60 Å². The van der Waals surface area contributed by atoms with E-state index in [2.05, 4.69) is 29.1 Å². The van der Waals surface area contributed by atoms with Gasteiger partial charge in [-0.15, -0.1) is 0 Å². The molecular weight excluding hydrogens is 402 g/mol. The van der Waals surface area contributed by atoms with E-state index in [0.29, 0.717) is 25.4 Å². The van der Waals surface area contributed by atoms with Crippen LogP contribution >= 0.6 is 0 Å². The molecule has 5 atom stereocenters. The number of nitrogens with zero attached hydrogens (tertiary/aromatic N) is 2. The molecular formula is C21H35N5O5. The van der Waals surface area contributed by atoms with E-state index < -0.39 is 29.3 Å². The molecule has 10 heteroatoms. The molecule has 4 N–H and O–H groups in total. The number of fused-ring (bicyclic) bond motifs is 1. The van der Waals surface area contributed by atoms with Crippen LogP contribution < -0.4 is 22.3 Å². The highest BCUT2D eigenvalue weighted by Gasteiger charge is 2.58. The average Bonchev–Trinajstić information content (AvgIpc) is 3.01. The predicted molar refractivity (Wildman–Crippen MR) is 117 cm³/mol. The van der Waals surface area contributed by atoms with E-state index in [9.17, 15) is 9.59 Å². The number of nitrogens with two attached hydrogens (primary N) is 1. The Bertz CT molecular complexity index is 897. The number of nitrogens with one attached hydrogen (secondary N) is 2. The first-order valence-corrected chi connectivity index (χ1v) is 11.1. The van der Waals surface area contributed by atoms with Crippen LogP contribution in [0, 0.1) is 12.8 Å². The normalized spacial score (nSPS) is 30.0. The third kappa shape index (κ3) is 5.02. The predicted octanol–water partition coefficient (Wildman–Crippen LogP) is 0.995. The summed E-state index contributed by atoms with van der Waals surface area (Å²) < 4.78 is 19.9. The second-order valence-electron chi connectivity index (χ2n) is 8.53. The van der Waals surface area contributed by atoms with Crippen LogP contribution in [0.15, 0.2) is 20.8 Å². The number of aryl methyl sites for hydroxylation is 1. The molecule has 0 saturated carbocycles. The Morgan fingerprint density at radius 3 is 2.68 bits per heavy atom. The van der Waals surface area contributed by atoms with Crippen LogP contribution in [-0.4, -0.2) is 53.2 Å². The molecule has 3 heterocycles. The molecule has 1 fully saturated rings. The van der Waals surface area contributed by atoms with Gasteiger partial charge in [-0.3, -0.25) is 14.3 Å². The van der Waals surface area contributed by atoms with Crippen LogP contribution in [0.25, 0.3) is 0 Å². The fourth-order valence-corrected chi connectivity index (χ4v) is 4.20. The van der Waals surface area contributed by atoms with Gasteiger partial charge in [0.05, 0.1) is 18.6 Å². The largest absolute Gasteiger partial charge is 0.378 e. The highest BCUT2D eigenvalue weighted by molar-refractivity contribution is 5.79. The van der Waals surface area contributed by atoms with E-state index in [1.54, 1.807) is 6.92 Å². The van der Waals surface area contributed by atoms with Crippen molar-refractivity contribution in [1.82, 2.24) is 14.9 Å². The molecule has 10 nitrogen and oxygen atoms in total. The lowest BCUT2D eigenvalue weighted by atomic mass is 9.83. The molecule has 0 aliphatic carbocycles. The Labute approximate surface area is 182 Å². The Morgan fingerprint density at radius 2 is 1.97 bits per heavy atom. The van der Waals surface area contributed by atoms with Gasteiger partial charge in [-0.25, -0.2) is 9.79 Å². The van der Waals surface area contributed by atoms with E-state index in [1.807, 2.05) is 6.92 Å². The number of aromatic nitrogens is 2. The number of hydrogen-bond acceptors (Lipinski definition) is 8. The summed E-state index contributed by atoms with van der Waals surface area (Å²) in [5, 5.41) is 3.18. The van der Waals surface area contributed by atoms with Crippen LogP contribution in [0.4, 0.5) is 0 Å². The van der Waals surface area contributed by atoms with Gasteiger partial charge in [0.15, 0.2) is 18.4 Å². The van der Waals surface area contributed by atoms with Gasteiger partial charge in [-0.2, -0.15) is 0 Å². The van der Waals surface area contributed by atoms with Crippen molar-refractivity contribution in [1.29, 1.82) is 0 Å². The first kappa shape index (κ1) is 23.5. The Morgan fingerprint density at radius 1 is 1.26 bits per heavy atom. The molecule has 2 aliphatic heterocycles. The highest BCUT2D eigenvalue weighted by atomic mass is 16.6. The minimum atomic E-state index is -0.777. The van der Waals surface area contributed by atoms with Crippen molar-refractivity contribution in [2.24, 2.45) is 16.6 Å². The quantitative estimate of drug-likeness (QED) is 0.465. The SMILES string of the molecule is CCCCOC[C@@]1(C)O[C@@H](n2cc(C)c(=O)[nH]c2=O)[C@H]2NC(N)=NC(OCCCC)C21. The lowest BCUT2D eigenvalue weighted by Crippen LogP contribution is -2.58. The number of rotatable bonds is 10. The molecule has 174 valence electrons. The number of unbranched alkanes of at least 4 members (excludes halogenated alkanes) is 2. The summed E-state index contributed by atoms with van der Waals surface area (Å²) in [7, 11) is 0. The smallest absolute Gasteiger partial charge is 0.330 e. The monoisotopic (exact) mass is 437 g/mol. The molecule has 2 unspecified atom stereocenters. The zero-order chi connectivity index (χ0) is 22.6. The molecule has 0 bridgehead atoms. The van der Waals surface area contributed by atoms with Gasteiger partial charge >= 0.3 is 5.69 Å². The molecule has 3 rings (SSSR count). The molecule has 0 aromatic carbocycles. The first-order chi connectivity index (χ1) is 14.8. The van der Waals surface area contributed by atoms with Crippen molar-refractivity contribution in [3.05, 3.63) is 32.6 Å². The number of H-pyrrole nitrogens is 1. The topological polar surface area (TPSA) is 133 Å². The van der Waals surface area contributed by atoms with Gasteiger partial charge in [0.2, 0.25) is 0 Å². The number of hydrogen-bond donors (Lipinski definition) is 3. The van der Waals surface area contributed by atoms with Gasteiger partial charge in [-0.05, 0) is 26.7 Å². The van der Waals surface area contributed by atoms with Crippen molar-refractivity contribution >= 4 is 5.96 Å². The van der Waals surface area contributed by atoms with Crippen molar-refractivity contribution in [2.75, 3.05) is 19.8 Å². The second-order valence-corrected chi connectivity index (χ2v) is 8.53. The number of ether oxygens (including phenoxy) is 3. The van der Waals surface area contributed by atoms with E-state index in [1.165, 1.54) is 10.8 Å². The lowest BCUT2D eigenvalue weighted by Gasteiger charge is -2.38. The van der Waals surface area contributed by atoms with Crippen LogP contribution in [0.2, 0.25) is 0 Å². The summed E-state index contributed by atoms with van der Waals surface area (Å²) in [6.45, 7) is 9.30. The maximum atomic E-state index is 12.6.